The molecule has 2 N–H and O–H groups in total. The van der Waals surface area contributed by atoms with Crippen LogP contribution in [-0.2, 0) is 11.3 Å². The number of hydrogen-bond acceptors (Lipinski definition) is 2. The maximum absolute atomic E-state index is 11.3. The number of hydrogen-bond donors (Lipinski definition) is 2. The first-order chi connectivity index (χ1) is 9.58. The molecule has 0 aliphatic rings. The maximum atomic E-state index is 11.3. The Kier molecular flexibility index (Phi) is 4.74. The van der Waals surface area contributed by atoms with E-state index in [0.29, 0.717) is 18.9 Å². The van der Waals surface area contributed by atoms with Gasteiger partial charge in [0.1, 0.15) is 6.04 Å². The van der Waals surface area contributed by atoms with Crippen LogP contribution in [0.3, 0.4) is 0 Å². The molecule has 2 rings (SSSR count). The van der Waals surface area contributed by atoms with Crippen molar-refractivity contribution in [3.63, 3.8) is 0 Å². The van der Waals surface area contributed by atoms with E-state index in [9.17, 15) is 9.90 Å². The highest BCUT2D eigenvalue weighted by Crippen LogP contribution is 2.18. The fourth-order valence-electron chi connectivity index (χ4n) is 2.42. The first kappa shape index (κ1) is 14.5. The largest absolute Gasteiger partial charge is 0.480 e. The van der Waals surface area contributed by atoms with E-state index in [1.165, 1.54) is 10.8 Å². The molecule has 3 nitrogen and oxygen atoms in total. The van der Waals surface area contributed by atoms with Crippen LogP contribution in [0.1, 0.15) is 25.8 Å². The van der Waals surface area contributed by atoms with Gasteiger partial charge in [0.15, 0.2) is 0 Å². The van der Waals surface area contributed by atoms with Gasteiger partial charge in [0.05, 0.1) is 0 Å². The minimum absolute atomic E-state index is 0.358. The molecule has 0 saturated carbocycles. The summed E-state index contributed by atoms with van der Waals surface area (Å²) in [7, 11) is 0. The van der Waals surface area contributed by atoms with Gasteiger partial charge in [-0.25, -0.2) is 0 Å². The van der Waals surface area contributed by atoms with Crippen molar-refractivity contribution in [2.75, 3.05) is 0 Å². The monoisotopic (exact) mass is 271 g/mol. The van der Waals surface area contributed by atoms with Crippen LogP contribution < -0.4 is 5.32 Å². The predicted molar refractivity (Wildman–Crippen MR) is 81.7 cm³/mol. The number of rotatable bonds is 6. The van der Waals surface area contributed by atoms with Crippen LogP contribution in [0, 0.1) is 5.92 Å². The molecule has 0 bridgehead atoms. The fraction of sp³-hybridized carbons (Fsp3) is 0.353. The number of aliphatic carboxylic acids is 1. The zero-order valence-corrected chi connectivity index (χ0v) is 12.0. The number of fused-ring (bicyclic) bond motifs is 1. The fourth-order valence-corrected chi connectivity index (χ4v) is 2.42. The normalized spacial score (nSPS) is 12.8. The van der Waals surface area contributed by atoms with Gasteiger partial charge in [-0.15, -0.1) is 0 Å². The first-order valence-electron chi connectivity index (χ1n) is 7.00. The van der Waals surface area contributed by atoms with E-state index in [4.69, 9.17) is 0 Å². The average molecular weight is 271 g/mol. The van der Waals surface area contributed by atoms with Crippen LogP contribution in [-0.4, -0.2) is 17.1 Å². The Morgan fingerprint density at radius 1 is 1.15 bits per heavy atom. The Morgan fingerprint density at radius 3 is 2.55 bits per heavy atom. The molecular weight excluding hydrogens is 250 g/mol. The molecule has 3 heteroatoms. The van der Waals surface area contributed by atoms with Gasteiger partial charge in [0.2, 0.25) is 0 Å². The summed E-state index contributed by atoms with van der Waals surface area (Å²) < 4.78 is 0. The van der Waals surface area contributed by atoms with Gasteiger partial charge < -0.3 is 10.4 Å². The van der Waals surface area contributed by atoms with Crippen molar-refractivity contribution in [2.24, 2.45) is 5.92 Å². The number of nitrogens with one attached hydrogen (secondary N) is 1. The van der Waals surface area contributed by atoms with Crippen LogP contribution in [0.25, 0.3) is 10.8 Å². The number of benzene rings is 2. The van der Waals surface area contributed by atoms with E-state index in [1.807, 2.05) is 38.1 Å². The molecule has 1 unspecified atom stereocenters. The molecule has 0 aliphatic heterocycles. The van der Waals surface area contributed by atoms with Crippen molar-refractivity contribution in [3.8, 4) is 0 Å². The highest BCUT2D eigenvalue weighted by molar-refractivity contribution is 5.85. The van der Waals surface area contributed by atoms with Crippen molar-refractivity contribution >= 4 is 16.7 Å². The lowest BCUT2D eigenvalue weighted by molar-refractivity contribution is -0.140. The van der Waals surface area contributed by atoms with Crippen molar-refractivity contribution in [1.82, 2.24) is 5.32 Å². The minimum atomic E-state index is -0.779. The highest BCUT2D eigenvalue weighted by Gasteiger charge is 2.18. The zero-order chi connectivity index (χ0) is 14.5. The molecule has 106 valence electrons. The second-order valence-corrected chi connectivity index (χ2v) is 5.54. The summed E-state index contributed by atoms with van der Waals surface area (Å²) in [6, 6.07) is 13.8. The Morgan fingerprint density at radius 2 is 1.85 bits per heavy atom. The van der Waals surface area contributed by atoms with E-state index in [0.717, 1.165) is 5.56 Å². The zero-order valence-electron chi connectivity index (χ0n) is 12.0. The molecule has 2 aromatic carbocycles. The summed E-state index contributed by atoms with van der Waals surface area (Å²) in [4.78, 5) is 11.3. The Bertz CT molecular complexity index is 587. The molecule has 2 aromatic rings. The van der Waals surface area contributed by atoms with Crippen molar-refractivity contribution < 1.29 is 9.90 Å². The Hall–Kier alpha value is -1.87. The lowest BCUT2D eigenvalue weighted by Gasteiger charge is -2.17. The van der Waals surface area contributed by atoms with Gasteiger partial charge in [-0.05, 0) is 28.7 Å². The summed E-state index contributed by atoms with van der Waals surface area (Å²) in [5.74, 6) is -0.421. The third-order valence-electron chi connectivity index (χ3n) is 3.42. The van der Waals surface area contributed by atoms with E-state index in [-0.39, 0.29) is 0 Å². The second-order valence-electron chi connectivity index (χ2n) is 5.54. The van der Waals surface area contributed by atoms with Gasteiger partial charge >= 0.3 is 5.97 Å². The lowest BCUT2D eigenvalue weighted by Crippen LogP contribution is -2.37. The molecular formula is C17H21NO2. The molecule has 0 amide bonds. The average Bonchev–Trinajstić information content (AvgIpc) is 2.42. The molecule has 0 radical (unpaired) electrons. The van der Waals surface area contributed by atoms with Crippen LogP contribution in [0.15, 0.2) is 42.5 Å². The van der Waals surface area contributed by atoms with Crippen LogP contribution in [0.2, 0.25) is 0 Å². The summed E-state index contributed by atoms with van der Waals surface area (Å²) in [5, 5.41) is 14.8. The summed E-state index contributed by atoms with van der Waals surface area (Å²) in [6.45, 7) is 4.65. The van der Waals surface area contributed by atoms with Crippen molar-refractivity contribution in [3.05, 3.63) is 48.0 Å². The molecule has 0 aliphatic carbocycles. The highest BCUT2D eigenvalue weighted by atomic mass is 16.4. The third-order valence-corrected chi connectivity index (χ3v) is 3.42. The number of carboxylic acid groups (broad SMARTS) is 1. The summed E-state index contributed by atoms with van der Waals surface area (Å²) in [5.41, 5.74) is 1.14. The topological polar surface area (TPSA) is 49.3 Å². The van der Waals surface area contributed by atoms with Crippen molar-refractivity contribution in [2.45, 2.75) is 32.9 Å². The molecule has 20 heavy (non-hydrogen) atoms. The van der Waals surface area contributed by atoms with Gasteiger partial charge in [0.25, 0.3) is 0 Å². The third kappa shape index (κ3) is 3.58. The van der Waals surface area contributed by atoms with Crippen molar-refractivity contribution in [1.29, 1.82) is 0 Å². The lowest BCUT2D eigenvalue weighted by atomic mass is 10.0. The first-order valence-corrected chi connectivity index (χ1v) is 7.00. The van der Waals surface area contributed by atoms with Gasteiger partial charge in [-0.2, -0.15) is 0 Å². The van der Waals surface area contributed by atoms with Crippen LogP contribution >= 0.6 is 0 Å². The van der Waals surface area contributed by atoms with Crippen LogP contribution in [0.4, 0.5) is 0 Å². The Balaban J connectivity index is 2.13. The number of carboxylic acids is 1. The molecule has 0 heterocycles. The Labute approximate surface area is 119 Å². The van der Waals surface area contributed by atoms with E-state index >= 15 is 0 Å². The molecule has 0 spiro atoms. The quantitative estimate of drug-likeness (QED) is 0.846. The SMILES string of the molecule is CC(C)CC(NCc1cccc2ccccc12)C(=O)O. The minimum Gasteiger partial charge on any atom is -0.480 e. The van der Waals surface area contributed by atoms with E-state index < -0.39 is 12.0 Å². The van der Waals surface area contributed by atoms with E-state index in [2.05, 4.69) is 23.5 Å². The standard InChI is InChI=1S/C17H21NO2/c1-12(2)10-16(17(19)20)18-11-14-8-5-7-13-6-3-4-9-15(13)14/h3-9,12,16,18H,10-11H2,1-2H3,(H,19,20). The molecule has 1 atom stereocenters. The van der Waals surface area contributed by atoms with Gasteiger partial charge in [-0.3, -0.25) is 4.79 Å². The maximum Gasteiger partial charge on any atom is 0.320 e. The predicted octanol–water partition coefficient (Wildman–Crippen LogP) is 3.43. The van der Waals surface area contributed by atoms with Gasteiger partial charge in [-0.1, -0.05) is 56.3 Å². The molecule has 0 saturated heterocycles. The smallest absolute Gasteiger partial charge is 0.320 e. The van der Waals surface area contributed by atoms with E-state index in [1.54, 1.807) is 0 Å². The van der Waals surface area contributed by atoms with Crippen LogP contribution in [0.5, 0.6) is 0 Å². The molecule has 0 fully saturated rings. The van der Waals surface area contributed by atoms with Gasteiger partial charge in [0, 0.05) is 6.54 Å². The summed E-state index contributed by atoms with van der Waals surface area (Å²) >= 11 is 0. The summed E-state index contributed by atoms with van der Waals surface area (Å²) in [6.07, 6.45) is 0.639. The number of carbonyl (C=O) groups is 1. The molecule has 0 aromatic heterocycles. The second kappa shape index (κ2) is 6.53.